The highest BCUT2D eigenvalue weighted by atomic mass is 16.5. The number of aryl methyl sites for hydroxylation is 1. The summed E-state index contributed by atoms with van der Waals surface area (Å²) in [5, 5.41) is 7.62. The van der Waals surface area contributed by atoms with E-state index in [1.807, 2.05) is 6.20 Å². The molecule has 0 atom stereocenters. The van der Waals surface area contributed by atoms with Crippen molar-refractivity contribution in [3.8, 4) is 16.9 Å². The first-order valence-corrected chi connectivity index (χ1v) is 18.2. The zero-order valence-electron chi connectivity index (χ0n) is 29.2. The second kappa shape index (κ2) is 13.6. The van der Waals surface area contributed by atoms with Gasteiger partial charge in [0, 0.05) is 42.9 Å². The zero-order valence-corrected chi connectivity index (χ0v) is 29.2. The van der Waals surface area contributed by atoms with Gasteiger partial charge in [0.1, 0.15) is 5.75 Å². The van der Waals surface area contributed by atoms with E-state index in [0.29, 0.717) is 18.9 Å². The lowest BCUT2D eigenvalue weighted by Crippen LogP contribution is -2.52. The molecule has 0 unspecified atom stereocenters. The van der Waals surface area contributed by atoms with Crippen LogP contribution in [0.4, 0.5) is 5.69 Å². The molecule has 0 radical (unpaired) electrons. The van der Waals surface area contributed by atoms with Crippen LogP contribution in [-0.4, -0.2) is 53.9 Å². The molecule has 0 aliphatic heterocycles. The molecule has 5 aliphatic carbocycles. The van der Waals surface area contributed by atoms with Crippen LogP contribution in [0.25, 0.3) is 11.1 Å². The predicted molar refractivity (Wildman–Crippen MR) is 188 cm³/mol. The number of amides is 2. The van der Waals surface area contributed by atoms with Gasteiger partial charge in [-0.15, -0.1) is 0 Å². The average Bonchev–Trinajstić information content (AvgIpc) is 3.86. The Labute approximate surface area is 289 Å². The summed E-state index contributed by atoms with van der Waals surface area (Å²) in [5.74, 6) is 0.270. The number of ether oxygens (including phenoxy) is 2. The minimum absolute atomic E-state index is 0.0168. The first-order valence-electron chi connectivity index (χ1n) is 18.2. The minimum Gasteiger partial charge on any atom is -0.496 e. The fourth-order valence-electron chi connectivity index (χ4n) is 8.79. The molecular weight excluding hydrogens is 616 g/mol. The van der Waals surface area contributed by atoms with Crippen molar-refractivity contribution in [1.82, 2.24) is 15.1 Å². The number of carbonyl (C=O) groups is 3. The number of nitrogens with zero attached hydrogens (tertiary/aromatic N) is 3. The lowest BCUT2D eigenvalue weighted by Gasteiger charge is -2.55. The number of methoxy groups -OCH3 is 1. The number of esters is 1. The van der Waals surface area contributed by atoms with Gasteiger partial charge in [0.15, 0.2) is 6.61 Å². The Balaban J connectivity index is 1.09. The molecule has 1 heterocycles. The highest BCUT2D eigenvalue weighted by Crippen LogP contribution is 2.58. The second-order valence-electron chi connectivity index (χ2n) is 15.3. The standard InChI is InChI=1S/C40H50N4O5/c1-27-21-32(9-14-36(27)48-3)40-18-15-39(16-19-40,17-20-40)26-43(35-6-4-5-30(22-35)31-23-41-44(24-31)34-12-13-34)38(47)29-7-10-33(11-8-29)42-37(46)25-49-28(2)45/h4-6,9,14,21-24,29,33-34H,7-8,10-13,15-20,25-26H2,1-3H3,(H,42,46). The van der Waals surface area contributed by atoms with Crippen molar-refractivity contribution in [2.75, 3.05) is 25.2 Å². The molecule has 5 aliphatic rings. The Morgan fingerprint density at radius 3 is 2.33 bits per heavy atom. The quantitative estimate of drug-likeness (QED) is 0.220. The van der Waals surface area contributed by atoms with Crippen molar-refractivity contribution in [1.29, 1.82) is 0 Å². The maximum absolute atomic E-state index is 14.6. The average molecular weight is 667 g/mol. The van der Waals surface area contributed by atoms with Gasteiger partial charge >= 0.3 is 5.97 Å². The number of aromatic nitrogens is 2. The summed E-state index contributed by atoms with van der Waals surface area (Å²) in [6.45, 7) is 3.89. The van der Waals surface area contributed by atoms with E-state index in [1.54, 1.807) is 7.11 Å². The SMILES string of the molecule is COc1ccc(C23CCC(CN(C(=O)C4CCC(NC(=O)COC(C)=O)CC4)c4cccc(-c5cnn(C6CC6)c5)c4)(CC2)CC3)cc1C. The maximum Gasteiger partial charge on any atom is 0.303 e. The van der Waals surface area contributed by atoms with Gasteiger partial charge in [0.05, 0.1) is 19.3 Å². The van der Waals surface area contributed by atoms with E-state index < -0.39 is 5.97 Å². The van der Waals surface area contributed by atoms with Gasteiger partial charge in [-0.2, -0.15) is 5.10 Å². The summed E-state index contributed by atoms with van der Waals surface area (Å²) >= 11 is 0. The molecule has 5 fully saturated rings. The van der Waals surface area contributed by atoms with Gasteiger partial charge in [0.2, 0.25) is 5.91 Å². The van der Waals surface area contributed by atoms with Crippen molar-refractivity contribution in [2.45, 2.75) is 108 Å². The molecule has 260 valence electrons. The first kappa shape index (κ1) is 33.4. The van der Waals surface area contributed by atoms with E-state index in [0.717, 1.165) is 80.5 Å². The third-order valence-electron chi connectivity index (χ3n) is 12.0. The van der Waals surface area contributed by atoms with Gasteiger partial charge < -0.3 is 19.7 Å². The molecule has 2 bridgehead atoms. The van der Waals surface area contributed by atoms with Crippen LogP contribution in [0, 0.1) is 18.3 Å². The molecule has 2 aromatic carbocycles. The number of hydrogen-bond donors (Lipinski definition) is 1. The molecule has 8 rings (SSSR count). The summed E-state index contributed by atoms with van der Waals surface area (Å²) in [4.78, 5) is 40.2. The van der Waals surface area contributed by atoms with Crippen molar-refractivity contribution in [3.63, 3.8) is 0 Å². The molecule has 0 saturated heterocycles. The van der Waals surface area contributed by atoms with Crippen LogP contribution in [0.2, 0.25) is 0 Å². The minimum atomic E-state index is -0.470. The molecule has 9 nitrogen and oxygen atoms in total. The van der Waals surface area contributed by atoms with E-state index in [2.05, 4.69) is 75.6 Å². The number of anilines is 1. The molecule has 2 amide bonds. The van der Waals surface area contributed by atoms with Crippen molar-refractivity contribution in [3.05, 3.63) is 66.0 Å². The molecular formula is C40H50N4O5. The van der Waals surface area contributed by atoms with Crippen LogP contribution in [0.5, 0.6) is 5.75 Å². The molecule has 9 heteroatoms. The molecule has 3 aromatic rings. The monoisotopic (exact) mass is 666 g/mol. The number of rotatable bonds is 11. The predicted octanol–water partition coefficient (Wildman–Crippen LogP) is 7.07. The number of benzene rings is 2. The molecule has 1 N–H and O–H groups in total. The Morgan fingerprint density at radius 2 is 1.67 bits per heavy atom. The van der Waals surface area contributed by atoms with E-state index >= 15 is 0 Å². The van der Waals surface area contributed by atoms with Crippen LogP contribution in [0.15, 0.2) is 54.9 Å². The highest BCUT2D eigenvalue weighted by molar-refractivity contribution is 5.96. The molecule has 1 aromatic heterocycles. The van der Waals surface area contributed by atoms with Gasteiger partial charge in [-0.05, 0) is 130 Å². The van der Waals surface area contributed by atoms with Crippen LogP contribution in [0.1, 0.15) is 101 Å². The van der Waals surface area contributed by atoms with Crippen LogP contribution in [-0.2, 0) is 24.5 Å². The van der Waals surface area contributed by atoms with Gasteiger partial charge in [-0.25, -0.2) is 0 Å². The third-order valence-corrected chi connectivity index (χ3v) is 12.0. The topological polar surface area (TPSA) is 103 Å². The van der Waals surface area contributed by atoms with E-state index in [9.17, 15) is 14.4 Å². The highest BCUT2D eigenvalue weighted by Gasteiger charge is 2.50. The second-order valence-corrected chi connectivity index (χ2v) is 15.3. The van der Waals surface area contributed by atoms with Crippen molar-refractivity contribution < 1.29 is 23.9 Å². The zero-order chi connectivity index (χ0) is 34.2. The van der Waals surface area contributed by atoms with Gasteiger partial charge in [0.25, 0.3) is 5.91 Å². The third kappa shape index (κ3) is 7.12. The Morgan fingerprint density at radius 1 is 0.939 bits per heavy atom. The molecule has 0 spiro atoms. The van der Waals surface area contributed by atoms with Gasteiger partial charge in [-0.1, -0.05) is 24.3 Å². The lowest BCUT2D eigenvalue weighted by molar-refractivity contribution is -0.146. The summed E-state index contributed by atoms with van der Waals surface area (Å²) in [6, 6.07) is 15.7. The van der Waals surface area contributed by atoms with E-state index in [4.69, 9.17) is 9.47 Å². The van der Waals surface area contributed by atoms with E-state index in [1.165, 1.54) is 30.9 Å². The van der Waals surface area contributed by atoms with Crippen molar-refractivity contribution >= 4 is 23.5 Å². The number of fused-ring (bicyclic) bond motifs is 3. The fraction of sp³-hybridized carbons (Fsp3) is 0.550. The van der Waals surface area contributed by atoms with Gasteiger partial charge in [-0.3, -0.25) is 19.1 Å². The summed E-state index contributed by atoms with van der Waals surface area (Å²) in [6.07, 6.45) is 16.1. The fourth-order valence-corrected chi connectivity index (χ4v) is 8.79. The van der Waals surface area contributed by atoms with Crippen LogP contribution >= 0.6 is 0 Å². The Bertz CT molecular complexity index is 1680. The lowest BCUT2D eigenvalue weighted by atomic mass is 9.51. The largest absolute Gasteiger partial charge is 0.496 e. The first-order chi connectivity index (χ1) is 23.7. The van der Waals surface area contributed by atoms with Crippen LogP contribution < -0.4 is 15.0 Å². The summed E-state index contributed by atoms with van der Waals surface area (Å²) < 4.78 is 12.5. The smallest absolute Gasteiger partial charge is 0.303 e. The number of carbonyl (C=O) groups excluding carboxylic acids is 3. The number of hydrogen-bond acceptors (Lipinski definition) is 6. The molecule has 49 heavy (non-hydrogen) atoms. The maximum atomic E-state index is 14.6. The number of nitrogens with one attached hydrogen (secondary N) is 1. The Hall–Kier alpha value is -4.14. The molecule has 5 saturated carbocycles. The summed E-state index contributed by atoms with van der Waals surface area (Å²) in [7, 11) is 1.73. The summed E-state index contributed by atoms with van der Waals surface area (Å²) in [5.41, 5.74) is 6.04. The Kier molecular flexibility index (Phi) is 9.29. The normalized spacial score (nSPS) is 26.2. The van der Waals surface area contributed by atoms with E-state index in [-0.39, 0.29) is 41.2 Å². The van der Waals surface area contributed by atoms with Crippen molar-refractivity contribution in [2.24, 2.45) is 11.3 Å². The van der Waals surface area contributed by atoms with Crippen LogP contribution in [0.3, 0.4) is 0 Å².